The second kappa shape index (κ2) is 20.1. The number of benzene rings is 5. The smallest absolute Gasteiger partial charge is 0.229 e. The maximum Gasteiger partial charge on any atom is 0.229 e. The average Bonchev–Trinajstić information content (AvgIpc) is 3.10. The van der Waals surface area contributed by atoms with Crippen molar-refractivity contribution in [3.8, 4) is 0 Å². The number of allylic oxidation sites excluding steroid dienone is 2. The fourth-order valence-electron chi connectivity index (χ4n) is 5.00. The van der Waals surface area contributed by atoms with E-state index in [1.165, 1.54) is 74.5 Å². The second-order valence-corrected chi connectivity index (χ2v) is 12.8. The number of fused-ring (bicyclic) bond motifs is 5. The molecule has 0 bridgehead atoms. The molecule has 0 spiro atoms. The van der Waals surface area contributed by atoms with Crippen LogP contribution in [0.25, 0.3) is 60.8 Å². The summed E-state index contributed by atoms with van der Waals surface area (Å²) in [6.45, 7) is 7.73. The number of hydrogen-bond acceptors (Lipinski definition) is 1. The standard InChI is InChI=1S/5C8H6.C4H8OSi.C4H6/c5*1-2-4-8-6-5-7(8)3-1;1-2-4-6-5-3-1;1-3-4-2/h5*1-6H;1-4H2;3-4H,1-2H2. The van der Waals surface area contributed by atoms with Crippen molar-refractivity contribution in [3.63, 3.8) is 0 Å². The lowest BCUT2D eigenvalue weighted by atomic mass is 9.99. The molecule has 6 aliphatic rings. The maximum atomic E-state index is 5.10. The Hall–Kier alpha value is -5.54. The zero-order chi connectivity index (χ0) is 34.6. The van der Waals surface area contributed by atoms with E-state index in [2.05, 4.69) is 195 Å². The highest BCUT2D eigenvalue weighted by molar-refractivity contribution is 6.27. The van der Waals surface area contributed by atoms with E-state index in [1.54, 1.807) is 12.2 Å². The molecule has 5 aromatic carbocycles. The summed E-state index contributed by atoms with van der Waals surface area (Å²) in [4.78, 5) is 0. The first-order valence-corrected chi connectivity index (χ1v) is 18.3. The highest BCUT2D eigenvalue weighted by atomic mass is 28.2. The molecule has 11 rings (SSSR count). The normalized spacial score (nSPS) is 13.3. The summed E-state index contributed by atoms with van der Waals surface area (Å²) in [6.07, 6.45) is 27.2. The fourth-order valence-corrected chi connectivity index (χ4v) is 5.83. The molecule has 2 heteroatoms. The van der Waals surface area contributed by atoms with Gasteiger partial charge in [0.05, 0.1) is 0 Å². The Bertz CT molecular complexity index is 1550. The van der Waals surface area contributed by atoms with Gasteiger partial charge in [-0.15, -0.1) is 0 Å². The molecule has 1 nitrogen and oxygen atoms in total. The second-order valence-electron chi connectivity index (χ2n) is 11.7. The molecule has 5 aromatic rings. The number of rotatable bonds is 1. The quantitative estimate of drug-likeness (QED) is 0.125. The summed E-state index contributed by atoms with van der Waals surface area (Å²) >= 11 is 0. The van der Waals surface area contributed by atoms with Gasteiger partial charge in [-0.1, -0.05) is 214 Å². The largest absolute Gasteiger partial charge is 0.417 e. The Balaban J connectivity index is 0.000000115. The SMILES string of the molecule is C1=Cc2ccccc21.C1=Cc2ccccc21.C1=Cc2ccccc21.C1=Cc2ccccc21.C1=Cc2ccccc21.C1CC[Si]OC1.C=CC=C. The van der Waals surface area contributed by atoms with E-state index in [9.17, 15) is 0 Å². The van der Waals surface area contributed by atoms with Crippen molar-refractivity contribution in [1.82, 2.24) is 0 Å². The van der Waals surface area contributed by atoms with Crippen molar-refractivity contribution in [3.05, 3.63) is 202 Å². The van der Waals surface area contributed by atoms with E-state index < -0.39 is 0 Å². The average molecular weight is 665 g/mol. The van der Waals surface area contributed by atoms with Crippen LogP contribution in [0.4, 0.5) is 0 Å². The van der Waals surface area contributed by atoms with Gasteiger partial charge in [0.25, 0.3) is 0 Å². The van der Waals surface area contributed by atoms with E-state index in [0.717, 1.165) is 16.4 Å². The Labute approximate surface area is 301 Å². The Morgan fingerprint density at radius 2 is 0.580 bits per heavy atom. The van der Waals surface area contributed by atoms with Gasteiger partial charge in [-0.3, -0.25) is 0 Å². The summed E-state index contributed by atoms with van der Waals surface area (Å²) < 4.78 is 5.10. The maximum absolute atomic E-state index is 5.10. The van der Waals surface area contributed by atoms with Crippen molar-refractivity contribution in [1.29, 1.82) is 0 Å². The molecular formula is C48H44OSi. The first kappa shape index (κ1) is 35.8. The highest BCUT2D eigenvalue weighted by Crippen LogP contribution is 2.24. The van der Waals surface area contributed by atoms with Gasteiger partial charge < -0.3 is 4.43 Å². The Morgan fingerprint density at radius 3 is 0.640 bits per heavy atom. The third-order valence-electron chi connectivity index (χ3n) is 8.24. The van der Waals surface area contributed by atoms with Gasteiger partial charge in [-0.05, 0) is 68.1 Å². The van der Waals surface area contributed by atoms with Gasteiger partial charge in [-0.2, -0.15) is 0 Å². The fraction of sp³-hybridized carbons (Fsp3) is 0.0833. The monoisotopic (exact) mass is 664 g/mol. The molecule has 246 valence electrons. The Kier molecular flexibility index (Phi) is 14.4. The van der Waals surface area contributed by atoms with Crippen LogP contribution in [0.3, 0.4) is 0 Å². The lowest BCUT2D eigenvalue weighted by Crippen LogP contribution is -2.06. The van der Waals surface area contributed by atoms with Crippen LogP contribution in [0.5, 0.6) is 0 Å². The summed E-state index contributed by atoms with van der Waals surface area (Å²) in [7, 11) is 0.802. The predicted octanol–water partition coefficient (Wildman–Crippen LogP) is 13.0. The molecule has 1 fully saturated rings. The molecular weight excluding hydrogens is 621 g/mol. The van der Waals surface area contributed by atoms with Gasteiger partial charge in [-0.25, -0.2) is 0 Å². The lowest BCUT2D eigenvalue weighted by molar-refractivity contribution is 0.304. The molecule has 0 N–H and O–H groups in total. The van der Waals surface area contributed by atoms with E-state index in [-0.39, 0.29) is 0 Å². The molecule has 1 aliphatic heterocycles. The van der Waals surface area contributed by atoms with Crippen LogP contribution in [0.2, 0.25) is 6.04 Å². The van der Waals surface area contributed by atoms with Gasteiger partial charge in [0.15, 0.2) is 0 Å². The summed E-state index contributed by atoms with van der Waals surface area (Å²) in [5, 5.41) is 0. The van der Waals surface area contributed by atoms with Gasteiger partial charge >= 0.3 is 0 Å². The zero-order valence-corrected chi connectivity index (χ0v) is 29.6. The topological polar surface area (TPSA) is 9.23 Å². The summed E-state index contributed by atoms with van der Waals surface area (Å²) in [5.74, 6) is 0. The molecule has 50 heavy (non-hydrogen) atoms. The molecule has 0 amide bonds. The van der Waals surface area contributed by atoms with Crippen LogP contribution in [0.15, 0.2) is 147 Å². The van der Waals surface area contributed by atoms with Crippen LogP contribution >= 0.6 is 0 Å². The molecule has 0 aromatic heterocycles. The molecule has 2 radical (unpaired) electrons. The van der Waals surface area contributed by atoms with Crippen LogP contribution in [-0.2, 0) is 4.43 Å². The molecule has 1 saturated heterocycles. The molecule has 5 aliphatic carbocycles. The molecule has 0 unspecified atom stereocenters. The van der Waals surface area contributed by atoms with Crippen LogP contribution in [0, 0.1) is 0 Å². The van der Waals surface area contributed by atoms with E-state index in [1.807, 2.05) is 0 Å². The minimum Gasteiger partial charge on any atom is -0.417 e. The van der Waals surface area contributed by atoms with E-state index >= 15 is 0 Å². The highest BCUT2D eigenvalue weighted by Gasteiger charge is 2.03. The van der Waals surface area contributed by atoms with Crippen molar-refractivity contribution in [2.24, 2.45) is 0 Å². The predicted molar refractivity (Wildman–Crippen MR) is 223 cm³/mol. The van der Waals surface area contributed by atoms with Crippen LogP contribution in [-0.4, -0.2) is 16.4 Å². The number of hydrogen-bond donors (Lipinski definition) is 0. The Morgan fingerprint density at radius 1 is 0.360 bits per heavy atom. The van der Waals surface area contributed by atoms with Crippen LogP contribution < -0.4 is 0 Å². The zero-order valence-electron chi connectivity index (χ0n) is 28.6. The van der Waals surface area contributed by atoms with Crippen LogP contribution in [0.1, 0.15) is 68.5 Å². The summed E-state index contributed by atoms with van der Waals surface area (Å²) in [6, 6.07) is 43.1. The third-order valence-corrected chi connectivity index (χ3v) is 9.20. The van der Waals surface area contributed by atoms with Gasteiger partial charge in [0.1, 0.15) is 0 Å². The summed E-state index contributed by atoms with van der Waals surface area (Å²) in [5.41, 5.74) is 13.7. The molecule has 0 atom stereocenters. The third kappa shape index (κ3) is 11.0. The van der Waals surface area contributed by atoms with E-state index in [4.69, 9.17) is 4.43 Å². The minimum atomic E-state index is 0.802. The van der Waals surface area contributed by atoms with E-state index in [0.29, 0.717) is 0 Å². The van der Waals surface area contributed by atoms with Crippen molar-refractivity contribution in [2.45, 2.75) is 18.9 Å². The van der Waals surface area contributed by atoms with Crippen molar-refractivity contribution < 1.29 is 4.43 Å². The first-order chi connectivity index (χ1) is 24.7. The molecule has 0 saturated carbocycles. The molecule has 1 heterocycles. The van der Waals surface area contributed by atoms with Gasteiger partial charge in [0, 0.05) is 6.61 Å². The van der Waals surface area contributed by atoms with Crippen molar-refractivity contribution in [2.75, 3.05) is 6.61 Å². The lowest BCUT2D eigenvalue weighted by Gasteiger charge is -2.06. The van der Waals surface area contributed by atoms with Gasteiger partial charge in [0.2, 0.25) is 9.76 Å². The first-order valence-electron chi connectivity index (χ1n) is 17.2. The van der Waals surface area contributed by atoms with Crippen molar-refractivity contribution >= 4 is 70.5 Å². The minimum absolute atomic E-state index is 0.802.